The van der Waals surface area contributed by atoms with Crippen LogP contribution in [0.2, 0.25) is 0 Å². The zero-order valence-electron chi connectivity index (χ0n) is 25.1. The van der Waals surface area contributed by atoms with Crippen molar-refractivity contribution < 1.29 is 42.9 Å². The number of ether oxygens (including phenoxy) is 4. The van der Waals surface area contributed by atoms with Gasteiger partial charge in [-0.05, 0) is 44.2 Å². The molecule has 0 saturated heterocycles. The lowest BCUT2D eigenvalue weighted by atomic mass is 9.98. The highest BCUT2D eigenvalue weighted by Crippen LogP contribution is 2.28. The molecule has 1 saturated carbocycles. The molecular formula is C31H40N4O9. The minimum Gasteiger partial charge on any atom is -0.456 e. The number of benzene rings is 2. The van der Waals surface area contributed by atoms with Crippen LogP contribution >= 0.6 is 0 Å². The normalized spacial score (nSPS) is 14.3. The van der Waals surface area contributed by atoms with E-state index in [1.807, 2.05) is 23.6 Å². The highest BCUT2D eigenvalue weighted by Gasteiger charge is 2.32. The Balaban J connectivity index is 1.56. The SMILES string of the molecule is CC(C)(C)OC(=O)C(NC(=O)OCc1ccccc1)OC(=O)NNC(=O)[C@H](CC1CCCC1)NC(=O)OCc1ccccc1. The van der Waals surface area contributed by atoms with Crippen LogP contribution < -0.4 is 21.5 Å². The largest absolute Gasteiger partial charge is 0.456 e. The number of esters is 1. The summed E-state index contributed by atoms with van der Waals surface area (Å²) in [6.45, 7) is 4.70. The van der Waals surface area contributed by atoms with Crippen LogP contribution in [0.4, 0.5) is 14.4 Å². The van der Waals surface area contributed by atoms with Gasteiger partial charge in [-0.1, -0.05) is 86.3 Å². The van der Waals surface area contributed by atoms with Gasteiger partial charge in [-0.15, -0.1) is 0 Å². The van der Waals surface area contributed by atoms with E-state index in [0.29, 0.717) is 12.0 Å². The fraction of sp³-hybridized carbons (Fsp3) is 0.452. The van der Waals surface area contributed by atoms with Crippen LogP contribution in [0.25, 0.3) is 0 Å². The molecule has 1 unspecified atom stereocenters. The standard InChI is InChI=1S/C31H40N4O9/c1-31(2,3)44-27(37)26(33-29(39)42-20-23-16-8-5-9-17-23)43-30(40)35-34-25(36)24(18-21-12-10-11-13-21)32-28(38)41-19-22-14-6-4-7-15-22/h4-9,14-17,21,24,26H,10-13,18-20H2,1-3H3,(H,32,38)(H,33,39)(H,34,36)(H,35,40)/t24-,26?/m0/s1. The Kier molecular flexibility index (Phi) is 12.8. The summed E-state index contributed by atoms with van der Waals surface area (Å²) in [4.78, 5) is 63.1. The number of carbonyl (C=O) groups is 5. The van der Waals surface area contributed by atoms with Crippen LogP contribution in [0.1, 0.15) is 64.0 Å². The van der Waals surface area contributed by atoms with Gasteiger partial charge in [-0.2, -0.15) is 0 Å². The molecule has 0 heterocycles. The van der Waals surface area contributed by atoms with Gasteiger partial charge in [0, 0.05) is 0 Å². The van der Waals surface area contributed by atoms with E-state index in [1.165, 1.54) is 0 Å². The topological polar surface area (TPSA) is 170 Å². The summed E-state index contributed by atoms with van der Waals surface area (Å²) in [7, 11) is 0. The summed E-state index contributed by atoms with van der Waals surface area (Å²) >= 11 is 0. The van der Waals surface area contributed by atoms with Gasteiger partial charge in [0.2, 0.25) is 0 Å². The third kappa shape index (κ3) is 12.6. The zero-order chi connectivity index (χ0) is 32.0. The van der Waals surface area contributed by atoms with Crippen molar-refractivity contribution in [3.8, 4) is 0 Å². The maximum atomic E-state index is 13.0. The van der Waals surface area contributed by atoms with Gasteiger partial charge in [-0.3, -0.25) is 15.5 Å². The van der Waals surface area contributed by atoms with E-state index in [4.69, 9.17) is 18.9 Å². The monoisotopic (exact) mass is 612 g/mol. The van der Waals surface area contributed by atoms with Crippen LogP contribution in [0.5, 0.6) is 0 Å². The molecular weight excluding hydrogens is 572 g/mol. The van der Waals surface area contributed by atoms with Gasteiger partial charge in [0.1, 0.15) is 24.9 Å². The number of nitrogens with one attached hydrogen (secondary N) is 4. The second-order valence-corrected chi connectivity index (χ2v) is 11.3. The predicted octanol–water partition coefficient (Wildman–Crippen LogP) is 4.21. The van der Waals surface area contributed by atoms with E-state index >= 15 is 0 Å². The van der Waals surface area contributed by atoms with Crippen molar-refractivity contribution in [2.45, 2.75) is 84.0 Å². The molecule has 0 bridgehead atoms. The van der Waals surface area contributed by atoms with E-state index in [0.717, 1.165) is 31.2 Å². The lowest BCUT2D eigenvalue weighted by molar-refractivity contribution is -0.166. The lowest BCUT2D eigenvalue weighted by Crippen LogP contribution is -2.55. The lowest BCUT2D eigenvalue weighted by Gasteiger charge is -2.24. The molecule has 4 N–H and O–H groups in total. The molecule has 13 nitrogen and oxygen atoms in total. The molecule has 2 atom stereocenters. The summed E-state index contributed by atoms with van der Waals surface area (Å²) in [5, 5.41) is 4.71. The van der Waals surface area contributed by atoms with Crippen LogP contribution in [0.3, 0.4) is 0 Å². The molecule has 44 heavy (non-hydrogen) atoms. The van der Waals surface area contributed by atoms with Crippen LogP contribution in [-0.2, 0) is 41.8 Å². The molecule has 4 amide bonds. The molecule has 2 aromatic rings. The molecule has 0 radical (unpaired) electrons. The van der Waals surface area contributed by atoms with Gasteiger partial charge in [0.25, 0.3) is 12.1 Å². The van der Waals surface area contributed by atoms with Crippen LogP contribution in [0.15, 0.2) is 60.7 Å². The first-order chi connectivity index (χ1) is 21.0. The summed E-state index contributed by atoms with van der Waals surface area (Å²) in [6.07, 6.45) is -0.817. The van der Waals surface area contributed by atoms with Crippen LogP contribution in [-0.4, -0.2) is 48.0 Å². The van der Waals surface area contributed by atoms with Crippen LogP contribution in [0, 0.1) is 5.92 Å². The Morgan fingerprint density at radius 3 is 1.80 bits per heavy atom. The molecule has 1 fully saturated rings. The second kappa shape index (κ2) is 16.7. The predicted molar refractivity (Wildman–Crippen MR) is 157 cm³/mol. The molecule has 1 aliphatic rings. The van der Waals surface area contributed by atoms with E-state index in [1.54, 1.807) is 63.2 Å². The fourth-order valence-electron chi connectivity index (χ4n) is 4.42. The number of alkyl carbamates (subject to hydrolysis) is 2. The third-order valence-electron chi connectivity index (χ3n) is 6.46. The van der Waals surface area contributed by atoms with Crippen molar-refractivity contribution in [1.29, 1.82) is 0 Å². The maximum Gasteiger partial charge on any atom is 0.428 e. The quantitative estimate of drug-likeness (QED) is 0.126. The van der Waals surface area contributed by atoms with Gasteiger partial charge in [-0.25, -0.2) is 24.6 Å². The molecule has 1 aliphatic carbocycles. The molecule has 3 rings (SSSR count). The summed E-state index contributed by atoms with van der Waals surface area (Å²) < 4.78 is 20.7. The molecule has 0 aliphatic heterocycles. The molecule has 0 aromatic heterocycles. The summed E-state index contributed by atoms with van der Waals surface area (Å²) in [5.41, 5.74) is 4.75. The van der Waals surface area contributed by atoms with Gasteiger partial charge >= 0.3 is 24.2 Å². The number of hydrazine groups is 1. The van der Waals surface area contributed by atoms with Gasteiger partial charge in [0.15, 0.2) is 0 Å². The van der Waals surface area contributed by atoms with E-state index in [9.17, 15) is 24.0 Å². The minimum absolute atomic E-state index is 0.0157. The Morgan fingerprint density at radius 1 is 0.750 bits per heavy atom. The molecule has 13 heteroatoms. The van der Waals surface area contributed by atoms with Crippen molar-refractivity contribution in [3.05, 3.63) is 71.8 Å². The van der Waals surface area contributed by atoms with Gasteiger partial charge in [0.05, 0.1) is 0 Å². The average molecular weight is 613 g/mol. The first kappa shape index (κ1) is 33.7. The minimum atomic E-state index is -1.89. The van der Waals surface area contributed by atoms with Crippen molar-refractivity contribution in [3.63, 3.8) is 0 Å². The Morgan fingerprint density at radius 2 is 1.27 bits per heavy atom. The number of amides is 4. The van der Waals surface area contributed by atoms with Crippen molar-refractivity contribution in [2.75, 3.05) is 0 Å². The summed E-state index contributed by atoms with van der Waals surface area (Å²) in [5.74, 6) is -1.60. The smallest absolute Gasteiger partial charge is 0.428 e. The number of carbonyl (C=O) groups excluding carboxylic acids is 5. The first-order valence-electron chi connectivity index (χ1n) is 14.4. The highest BCUT2D eigenvalue weighted by molar-refractivity contribution is 5.87. The summed E-state index contributed by atoms with van der Waals surface area (Å²) in [6, 6.07) is 16.9. The van der Waals surface area contributed by atoms with Crippen molar-refractivity contribution >= 4 is 30.2 Å². The molecule has 0 spiro atoms. The highest BCUT2D eigenvalue weighted by atomic mass is 16.6. The van der Waals surface area contributed by atoms with Gasteiger partial charge < -0.3 is 24.3 Å². The number of hydrogen-bond acceptors (Lipinski definition) is 9. The van der Waals surface area contributed by atoms with E-state index in [2.05, 4.69) is 16.1 Å². The van der Waals surface area contributed by atoms with Crippen molar-refractivity contribution in [1.82, 2.24) is 21.5 Å². The maximum absolute atomic E-state index is 13.0. The Hall–Kier alpha value is -4.81. The Bertz CT molecular complexity index is 1250. The van der Waals surface area contributed by atoms with E-state index in [-0.39, 0.29) is 19.1 Å². The average Bonchev–Trinajstić information content (AvgIpc) is 3.50. The zero-order valence-corrected chi connectivity index (χ0v) is 25.1. The van der Waals surface area contributed by atoms with Crippen molar-refractivity contribution in [2.24, 2.45) is 5.92 Å². The Labute approximate surface area is 256 Å². The number of rotatable bonds is 11. The second-order valence-electron chi connectivity index (χ2n) is 11.3. The first-order valence-corrected chi connectivity index (χ1v) is 14.4. The van der Waals surface area contributed by atoms with E-state index < -0.39 is 48.0 Å². The molecule has 2 aromatic carbocycles. The fourth-order valence-corrected chi connectivity index (χ4v) is 4.42. The third-order valence-corrected chi connectivity index (χ3v) is 6.46. The number of hydrogen-bond donors (Lipinski definition) is 4. The molecule has 238 valence electrons.